The van der Waals surface area contributed by atoms with Crippen molar-refractivity contribution in [2.75, 3.05) is 49.6 Å². The number of aryl methyl sites for hydroxylation is 1. The summed E-state index contributed by atoms with van der Waals surface area (Å²) in [5, 5.41) is 11.5. The number of nitrogens with zero attached hydrogens (tertiary/aromatic N) is 3. The molecule has 0 atom stereocenters. The lowest BCUT2D eigenvalue weighted by atomic mass is 10.0. The van der Waals surface area contributed by atoms with Gasteiger partial charge in [0, 0.05) is 45.9 Å². The molecule has 208 valence electrons. The third-order valence-corrected chi connectivity index (χ3v) is 7.13. The number of benzene rings is 2. The maximum Gasteiger partial charge on any atom is 0.410 e. The van der Waals surface area contributed by atoms with E-state index in [2.05, 4.69) is 38.6 Å². The van der Waals surface area contributed by atoms with Crippen molar-refractivity contribution >= 4 is 34.3 Å². The van der Waals surface area contributed by atoms with Gasteiger partial charge in [-0.1, -0.05) is 6.07 Å². The summed E-state index contributed by atoms with van der Waals surface area (Å²) in [6, 6.07) is 10.2. The molecule has 0 bridgehead atoms. The fourth-order valence-electron chi connectivity index (χ4n) is 5.18. The Morgan fingerprint density at radius 1 is 1.08 bits per heavy atom. The number of carbonyl (C=O) groups is 2. The van der Waals surface area contributed by atoms with Crippen LogP contribution >= 0.6 is 0 Å². The number of aromatic amines is 1. The number of hydrogen-bond donors (Lipinski definition) is 2. The highest BCUT2D eigenvalue weighted by molar-refractivity contribution is 5.96. The van der Waals surface area contributed by atoms with Crippen LogP contribution in [0.5, 0.6) is 5.75 Å². The first-order chi connectivity index (χ1) is 18.8. The molecule has 2 aliphatic heterocycles. The van der Waals surface area contributed by atoms with E-state index in [1.165, 1.54) is 6.92 Å². The number of aromatic nitrogens is 2. The van der Waals surface area contributed by atoms with E-state index in [0.29, 0.717) is 39.4 Å². The van der Waals surface area contributed by atoms with Crippen molar-refractivity contribution in [1.82, 2.24) is 15.1 Å². The van der Waals surface area contributed by atoms with Crippen LogP contribution in [0.15, 0.2) is 30.3 Å². The van der Waals surface area contributed by atoms with Gasteiger partial charge in [-0.05, 0) is 56.2 Å². The quantitative estimate of drug-likeness (QED) is 0.470. The number of anilines is 2. The molecule has 2 N–H and O–H groups in total. The number of carbonyl (C=O) groups excluding carboxylic acids is 2. The van der Waals surface area contributed by atoms with Gasteiger partial charge in [-0.25, -0.2) is 4.79 Å². The molecule has 1 aromatic heterocycles. The van der Waals surface area contributed by atoms with E-state index >= 15 is 0 Å². The third kappa shape index (κ3) is 6.11. The summed E-state index contributed by atoms with van der Waals surface area (Å²) in [5.41, 5.74) is 5.44. The molecule has 39 heavy (non-hydrogen) atoms. The number of fused-ring (bicyclic) bond motifs is 1. The Kier molecular flexibility index (Phi) is 7.92. The summed E-state index contributed by atoms with van der Waals surface area (Å²) in [6.45, 7) is 10.9. The van der Waals surface area contributed by atoms with Gasteiger partial charge in [0.25, 0.3) is 0 Å². The number of ether oxygens (including phenoxy) is 3. The topological polar surface area (TPSA) is 109 Å². The Morgan fingerprint density at radius 2 is 1.82 bits per heavy atom. The molecule has 2 aromatic carbocycles. The number of hydrogen-bond acceptors (Lipinski definition) is 7. The minimum absolute atomic E-state index is 0.0999. The summed E-state index contributed by atoms with van der Waals surface area (Å²) < 4.78 is 17.4. The minimum atomic E-state index is -0.291. The van der Waals surface area contributed by atoms with E-state index in [1.807, 2.05) is 32.9 Å². The second kappa shape index (κ2) is 11.5. The highest BCUT2D eigenvalue weighted by Crippen LogP contribution is 2.38. The molecule has 0 spiro atoms. The smallest absolute Gasteiger partial charge is 0.410 e. The van der Waals surface area contributed by atoms with Crippen LogP contribution in [0.4, 0.5) is 16.2 Å². The van der Waals surface area contributed by atoms with Gasteiger partial charge in [-0.2, -0.15) is 5.10 Å². The van der Waals surface area contributed by atoms with Crippen LogP contribution in [0.1, 0.15) is 39.3 Å². The van der Waals surface area contributed by atoms with E-state index in [9.17, 15) is 9.59 Å². The molecule has 10 nitrogen and oxygen atoms in total. The molecule has 0 radical (unpaired) electrons. The van der Waals surface area contributed by atoms with E-state index in [1.54, 1.807) is 4.90 Å². The molecular weight excluding hydrogens is 498 g/mol. The fraction of sp³-hybridized carbons (Fsp3) is 0.483. The first-order valence-corrected chi connectivity index (χ1v) is 13.6. The van der Waals surface area contributed by atoms with Crippen LogP contribution < -0.4 is 15.0 Å². The van der Waals surface area contributed by atoms with Gasteiger partial charge < -0.3 is 29.3 Å². The van der Waals surface area contributed by atoms with Crippen molar-refractivity contribution in [2.45, 2.75) is 52.7 Å². The first-order valence-electron chi connectivity index (χ1n) is 13.6. The molecular formula is C29H37N5O5. The number of amides is 2. The summed E-state index contributed by atoms with van der Waals surface area (Å²) in [7, 11) is 0. The Labute approximate surface area is 228 Å². The van der Waals surface area contributed by atoms with E-state index in [0.717, 1.165) is 57.7 Å². The van der Waals surface area contributed by atoms with Crippen molar-refractivity contribution in [3.05, 3.63) is 36.0 Å². The molecule has 0 aliphatic carbocycles. The molecule has 0 unspecified atom stereocenters. The summed E-state index contributed by atoms with van der Waals surface area (Å²) in [4.78, 5) is 28.3. The predicted molar refractivity (Wildman–Crippen MR) is 150 cm³/mol. The van der Waals surface area contributed by atoms with Crippen molar-refractivity contribution in [3.8, 4) is 16.9 Å². The third-order valence-electron chi connectivity index (χ3n) is 7.13. The van der Waals surface area contributed by atoms with Gasteiger partial charge in [0.2, 0.25) is 5.91 Å². The molecule has 2 fully saturated rings. The Hall–Kier alpha value is -3.79. The van der Waals surface area contributed by atoms with Crippen LogP contribution in [0.2, 0.25) is 0 Å². The zero-order valence-electron chi connectivity index (χ0n) is 23.1. The van der Waals surface area contributed by atoms with Crippen LogP contribution in [-0.4, -0.2) is 78.7 Å². The summed E-state index contributed by atoms with van der Waals surface area (Å²) >= 11 is 0. The van der Waals surface area contributed by atoms with Crippen LogP contribution in [0, 0.1) is 6.92 Å². The largest absolute Gasteiger partial charge is 0.489 e. The molecule has 2 saturated heterocycles. The van der Waals surface area contributed by atoms with Gasteiger partial charge in [-0.15, -0.1) is 0 Å². The summed E-state index contributed by atoms with van der Waals surface area (Å²) in [6.07, 6.45) is 1.36. The Balaban J connectivity index is 1.46. The van der Waals surface area contributed by atoms with Crippen molar-refractivity contribution in [3.63, 3.8) is 0 Å². The maximum absolute atomic E-state index is 12.4. The van der Waals surface area contributed by atoms with E-state index in [-0.39, 0.29) is 24.2 Å². The molecule has 0 saturated carbocycles. The lowest BCUT2D eigenvalue weighted by Crippen LogP contribution is -2.49. The number of rotatable bonds is 6. The standard InChI is InChI=1S/C29H37N5O5/c1-18(2)38-29(36)34-11-9-33(10-12-34)26-16-21(5-6-24(26)30-20(4)35)22-15-25-28(19(3)31-32-25)27(17-22)39-23-7-13-37-14-8-23/h5-6,15-18,23H,7-14H2,1-4H3,(H,30,35)(H,31,32). The SMILES string of the molecule is CC(=O)Nc1ccc(-c2cc(OC3CCOCC3)c3c(C)n[nH]c3c2)cc1N1CCN(C(=O)OC(C)C)CC1. The van der Waals surface area contributed by atoms with Crippen molar-refractivity contribution in [2.24, 2.45) is 0 Å². The minimum Gasteiger partial charge on any atom is -0.489 e. The van der Waals surface area contributed by atoms with E-state index < -0.39 is 0 Å². The molecule has 3 aromatic rings. The van der Waals surface area contributed by atoms with Crippen LogP contribution in [0.3, 0.4) is 0 Å². The van der Waals surface area contributed by atoms with Gasteiger partial charge in [0.1, 0.15) is 11.9 Å². The average Bonchev–Trinajstić information content (AvgIpc) is 3.29. The summed E-state index contributed by atoms with van der Waals surface area (Å²) in [5.74, 6) is 0.676. The van der Waals surface area contributed by atoms with Crippen molar-refractivity contribution < 1.29 is 23.8 Å². The fourth-order valence-corrected chi connectivity index (χ4v) is 5.18. The van der Waals surface area contributed by atoms with Gasteiger partial charge in [0.05, 0.1) is 47.3 Å². The highest BCUT2D eigenvalue weighted by Gasteiger charge is 2.25. The molecule has 3 heterocycles. The van der Waals surface area contributed by atoms with Crippen molar-refractivity contribution in [1.29, 1.82) is 0 Å². The lowest BCUT2D eigenvalue weighted by molar-refractivity contribution is -0.114. The van der Waals surface area contributed by atoms with Gasteiger partial charge >= 0.3 is 6.09 Å². The molecule has 2 aliphatic rings. The number of H-pyrrole nitrogens is 1. The predicted octanol–water partition coefficient (Wildman–Crippen LogP) is 4.72. The zero-order chi connectivity index (χ0) is 27.5. The second-order valence-electron chi connectivity index (χ2n) is 10.5. The van der Waals surface area contributed by atoms with Crippen LogP contribution in [-0.2, 0) is 14.3 Å². The highest BCUT2D eigenvalue weighted by atomic mass is 16.6. The maximum atomic E-state index is 12.4. The Bertz CT molecular complexity index is 1340. The zero-order valence-corrected chi connectivity index (χ0v) is 23.1. The lowest BCUT2D eigenvalue weighted by Gasteiger charge is -2.36. The number of nitrogens with one attached hydrogen (secondary N) is 2. The van der Waals surface area contributed by atoms with Gasteiger partial charge in [-0.3, -0.25) is 9.89 Å². The molecule has 10 heteroatoms. The monoisotopic (exact) mass is 535 g/mol. The Morgan fingerprint density at radius 3 is 2.51 bits per heavy atom. The average molecular weight is 536 g/mol. The van der Waals surface area contributed by atoms with Crippen LogP contribution in [0.25, 0.3) is 22.0 Å². The number of piperazine rings is 1. The van der Waals surface area contributed by atoms with E-state index in [4.69, 9.17) is 14.2 Å². The molecule has 2 amide bonds. The van der Waals surface area contributed by atoms with Gasteiger partial charge in [0.15, 0.2) is 0 Å². The molecule has 5 rings (SSSR count). The second-order valence-corrected chi connectivity index (χ2v) is 10.5. The normalized spacial score (nSPS) is 16.5. The first kappa shape index (κ1) is 26.8.